The molecule has 2 aromatic carbocycles. The fourth-order valence-electron chi connectivity index (χ4n) is 1.77. The molecule has 0 aliphatic carbocycles. The summed E-state index contributed by atoms with van der Waals surface area (Å²) in [5.74, 6) is 0.207. The molecule has 0 aliphatic heterocycles. The van der Waals surface area contributed by atoms with Crippen LogP contribution >= 0.6 is 0 Å². The molecule has 0 aromatic heterocycles. The van der Waals surface area contributed by atoms with Crippen molar-refractivity contribution in [2.75, 3.05) is 6.26 Å². The summed E-state index contributed by atoms with van der Waals surface area (Å²) in [6, 6.07) is 8.53. The van der Waals surface area contributed by atoms with E-state index in [0.29, 0.717) is 0 Å². The van der Waals surface area contributed by atoms with Crippen molar-refractivity contribution in [3.63, 3.8) is 0 Å². The Labute approximate surface area is 125 Å². The number of hydrogen-bond donors (Lipinski definition) is 1. The third-order valence-electron chi connectivity index (χ3n) is 2.78. The van der Waals surface area contributed by atoms with E-state index in [1.165, 1.54) is 30.3 Å². The van der Waals surface area contributed by atoms with Crippen LogP contribution in [0.3, 0.4) is 0 Å². The zero-order valence-corrected chi connectivity index (χ0v) is 12.3. The van der Waals surface area contributed by atoms with Crippen molar-refractivity contribution < 1.29 is 32.1 Å². The lowest BCUT2D eigenvalue weighted by Crippen LogP contribution is -2.40. The molecular formula is C14H13F3NO3S+. The molecule has 2 rings (SSSR count). The molecule has 0 atom stereocenters. The van der Waals surface area contributed by atoms with E-state index < -0.39 is 21.6 Å². The number of hydrogen-bond acceptors (Lipinski definition) is 3. The van der Waals surface area contributed by atoms with Gasteiger partial charge in [-0.15, -0.1) is 0 Å². The Kier molecular flexibility index (Phi) is 4.17. The Morgan fingerprint density at radius 2 is 1.59 bits per heavy atom. The molecule has 3 N–H and O–H groups in total. The smallest absolute Gasteiger partial charge is 0.416 e. The lowest BCUT2D eigenvalue weighted by Gasteiger charge is -2.10. The largest absolute Gasteiger partial charge is 0.457 e. The second-order valence-corrected chi connectivity index (χ2v) is 6.72. The van der Waals surface area contributed by atoms with E-state index in [0.717, 1.165) is 18.4 Å². The average Bonchev–Trinajstić information content (AvgIpc) is 2.36. The first-order valence-corrected chi connectivity index (χ1v) is 7.97. The quantitative estimate of drug-likeness (QED) is 0.939. The van der Waals surface area contributed by atoms with E-state index in [1.54, 1.807) is 0 Å². The third-order valence-corrected chi connectivity index (χ3v) is 3.91. The molecule has 0 bridgehead atoms. The van der Waals surface area contributed by atoms with E-state index in [-0.39, 0.29) is 22.1 Å². The topological polar surface area (TPSA) is 71.0 Å². The van der Waals surface area contributed by atoms with Crippen LogP contribution in [0, 0.1) is 0 Å². The van der Waals surface area contributed by atoms with Crippen LogP contribution in [-0.2, 0) is 16.0 Å². The summed E-state index contributed by atoms with van der Waals surface area (Å²) >= 11 is 0. The molecule has 2 aromatic rings. The summed E-state index contributed by atoms with van der Waals surface area (Å²) in [5, 5.41) is 0. The highest BCUT2D eigenvalue weighted by Crippen LogP contribution is 2.34. The second kappa shape index (κ2) is 5.62. The average molecular weight is 332 g/mol. The van der Waals surface area contributed by atoms with Crippen molar-refractivity contribution in [1.29, 1.82) is 0 Å². The Hall–Kier alpha value is -2.06. The van der Waals surface area contributed by atoms with Gasteiger partial charge < -0.3 is 10.5 Å². The molecule has 0 saturated heterocycles. The molecule has 4 nitrogen and oxygen atoms in total. The SMILES string of the molecule is CS(=O)(=O)c1ccc(Oc2cc([NH3+])cc(C(F)(F)F)c2)cc1. The van der Waals surface area contributed by atoms with Gasteiger partial charge in [0, 0.05) is 18.4 Å². The summed E-state index contributed by atoms with van der Waals surface area (Å²) in [6.45, 7) is 0. The summed E-state index contributed by atoms with van der Waals surface area (Å²) in [7, 11) is -3.34. The molecule has 22 heavy (non-hydrogen) atoms. The monoisotopic (exact) mass is 332 g/mol. The zero-order chi connectivity index (χ0) is 16.5. The highest BCUT2D eigenvalue weighted by Gasteiger charge is 2.31. The normalized spacial score (nSPS) is 12.2. The van der Waals surface area contributed by atoms with Crippen molar-refractivity contribution in [3.05, 3.63) is 48.0 Å². The minimum absolute atomic E-state index is 0.0214. The Balaban J connectivity index is 2.29. The van der Waals surface area contributed by atoms with Gasteiger partial charge in [0.25, 0.3) is 0 Å². The number of halogens is 3. The standard InChI is InChI=1S/C14H12F3NO3S/c1-22(19,20)13-4-2-11(3-5-13)21-12-7-9(14(15,16)17)6-10(18)8-12/h2-8H,18H2,1H3/p+1. The first kappa shape index (κ1) is 16.3. The predicted molar refractivity (Wildman–Crippen MR) is 73.6 cm³/mol. The van der Waals surface area contributed by atoms with Gasteiger partial charge in [0.15, 0.2) is 9.84 Å². The van der Waals surface area contributed by atoms with Crippen LogP contribution in [0.25, 0.3) is 0 Å². The summed E-state index contributed by atoms with van der Waals surface area (Å²) in [4.78, 5) is 0.0988. The minimum atomic E-state index is -4.49. The molecule has 0 heterocycles. The Morgan fingerprint density at radius 3 is 2.09 bits per heavy atom. The van der Waals surface area contributed by atoms with Crippen LogP contribution in [0.2, 0.25) is 0 Å². The fourth-order valence-corrected chi connectivity index (χ4v) is 2.40. The number of quaternary nitrogens is 1. The first-order valence-electron chi connectivity index (χ1n) is 6.08. The van der Waals surface area contributed by atoms with Gasteiger partial charge in [-0.3, -0.25) is 0 Å². The van der Waals surface area contributed by atoms with E-state index in [1.807, 2.05) is 0 Å². The first-order chi connectivity index (χ1) is 10.1. The van der Waals surface area contributed by atoms with E-state index in [4.69, 9.17) is 4.74 Å². The Bertz CT molecular complexity index is 784. The number of sulfone groups is 1. The summed E-state index contributed by atoms with van der Waals surface area (Å²) < 4.78 is 66.1. The van der Waals surface area contributed by atoms with Gasteiger partial charge in [-0.25, -0.2) is 8.42 Å². The minimum Gasteiger partial charge on any atom is -0.457 e. The highest BCUT2D eigenvalue weighted by atomic mass is 32.2. The van der Waals surface area contributed by atoms with Gasteiger partial charge in [0.1, 0.15) is 17.2 Å². The maximum atomic E-state index is 12.7. The molecule has 118 valence electrons. The van der Waals surface area contributed by atoms with Gasteiger partial charge in [0.05, 0.1) is 10.5 Å². The van der Waals surface area contributed by atoms with Gasteiger partial charge in [-0.1, -0.05) is 0 Å². The fraction of sp³-hybridized carbons (Fsp3) is 0.143. The summed E-state index contributed by atoms with van der Waals surface area (Å²) in [5.41, 5.74) is 2.79. The van der Waals surface area contributed by atoms with Crippen LogP contribution in [-0.4, -0.2) is 14.7 Å². The number of alkyl halides is 3. The molecule has 0 aliphatic rings. The molecule has 0 amide bonds. The van der Waals surface area contributed by atoms with E-state index in [9.17, 15) is 21.6 Å². The number of benzene rings is 2. The molecule has 0 radical (unpaired) electrons. The van der Waals surface area contributed by atoms with Crippen molar-refractivity contribution in [2.45, 2.75) is 11.1 Å². The van der Waals surface area contributed by atoms with Gasteiger partial charge in [0.2, 0.25) is 0 Å². The van der Waals surface area contributed by atoms with E-state index >= 15 is 0 Å². The zero-order valence-electron chi connectivity index (χ0n) is 11.5. The van der Waals surface area contributed by atoms with Crippen LogP contribution in [0.4, 0.5) is 18.9 Å². The van der Waals surface area contributed by atoms with Crippen LogP contribution in [0.15, 0.2) is 47.4 Å². The molecule has 0 unspecified atom stereocenters. The van der Waals surface area contributed by atoms with Crippen LogP contribution < -0.4 is 10.5 Å². The lowest BCUT2D eigenvalue weighted by molar-refractivity contribution is -0.255. The van der Waals surface area contributed by atoms with Crippen LogP contribution in [0.5, 0.6) is 11.5 Å². The molecule has 0 fully saturated rings. The highest BCUT2D eigenvalue weighted by molar-refractivity contribution is 7.90. The molecule has 8 heteroatoms. The number of ether oxygens (including phenoxy) is 1. The molecular weight excluding hydrogens is 319 g/mol. The van der Waals surface area contributed by atoms with Crippen molar-refractivity contribution in [2.24, 2.45) is 0 Å². The maximum Gasteiger partial charge on any atom is 0.416 e. The van der Waals surface area contributed by atoms with Gasteiger partial charge in [-0.05, 0) is 30.3 Å². The maximum absolute atomic E-state index is 12.7. The summed E-state index contributed by atoms with van der Waals surface area (Å²) in [6.07, 6.45) is -3.43. The van der Waals surface area contributed by atoms with E-state index in [2.05, 4.69) is 5.73 Å². The predicted octanol–water partition coefficient (Wildman–Crippen LogP) is 2.77. The van der Waals surface area contributed by atoms with Crippen molar-refractivity contribution in [1.82, 2.24) is 0 Å². The van der Waals surface area contributed by atoms with Crippen molar-refractivity contribution >= 4 is 15.5 Å². The Morgan fingerprint density at radius 1 is 1.00 bits per heavy atom. The number of rotatable bonds is 3. The van der Waals surface area contributed by atoms with Gasteiger partial charge in [-0.2, -0.15) is 13.2 Å². The lowest BCUT2D eigenvalue weighted by atomic mass is 10.2. The van der Waals surface area contributed by atoms with Crippen LogP contribution in [0.1, 0.15) is 5.56 Å². The molecule has 0 spiro atoms. The second-order valence-electron chi connectivity index (χ2n) is 4.71. The van der Waals surface area contributed by atoms with Gasteiger partial charge >= 0.3 is 6.18 Å². The van der Waals surface area contributed by atoms with Crippen molar-refractivity contribution in [3.8, 4) is 11.5 Å². The molecule has 0 saturated carbocycles. The third kappa shape index (κ3) is 3.99.